The molecule has 0 bridgehead atoms. The molecule has 0 spiro atoms. The Bertz CT molecular complexity index is 849. The molecule has 6 heteroatoms. The van der Waals surface area contributed by atoms with E-state index in [9.17, 15) is 10.2 Å². The van der Waals surface area contributed by atoms with Crippen molar-refractivity contribution in [3.8, 4) is 11.5 Å². The monoisotopic (exact) mass is 285 g/mol. The predicted octanol–water partition coefficient (Wildman–Crippen LogP) is 4.03. The van der Waals surface area contributed by atoms with E-state index >= 15 is 0 Å². The van der Waals surface area contributed by atoms with Gasteiger partial charge in [0.15, 0.2) is 0 Å². The topological polar surface area (TPSA) is 103 Å². The normalized spacial score (nSPS) is 11.1. The minimum Gasteiger partial charge on any atom is -0.507 e. The Balaban J connectivity index is 2.69. The van der Waals surface area contributed by atoms with Gasteiger partial charge >= 0.3 is 0 Å². The quantitative estimate of drug-likeness (QED) is 0.324. The van der Waals surface area contributed by atoms with Crippen LogP contribution in [0.15, 0.2) is 46.4 Å². The molecule has 5 nitrogen and oxygen atoms in total. The Morgan fingerprint density at radius 1 is 1.00 bits per heavy atom. The summed E-state index contributed by atoms with van der Waals surface area (Å²) in [7, 11) is 0. The van der Waals surface area contributed by atoms with Gasteiger partial charge in [-0.1, -0.05) is 24.3 Å². The summed E-state index contributed by atoms with van der Waals surface area (Å²) >= 11 is 1.02. The molecule has 3 aromatic carbocycles. The maximum atomic E-state index is 10.5. The maximum Gasteiger partial charge on any atom is 0.132 e. The van der Waals surface area contributed by atoms with E-state index in [1.54, 1.807) is 30.3 Å². The van der Waals surface area contributed by atoms with Crippen LogP contribution in [0.3, 0.4) is 0 Å². The van der Waals surface area contributed by atoms with Crippen molar-refractivity contribution in [3.05, 3.63) is 36.4 Å². The molecule has 0 aromatic heterocycles. The van der Waals surface area contributed by atoms with Crippen LogP contribution in [0.4, 0.5) is 5.69 Å². The van der Waals surface area contributed by atoms with E-state index in [4.69, 9.17) is 10.7 Å². The lowest BCUT2D eigenvalue weighted by Gasteiger charge is -2.12. The molecule has 0 fully saturated rings. The van der Waals surface area contributed by atoms with E-state index in [-0.39, 0.29) is 11.5 Å². The number of fused-ring (bicyclic) bond motifs is 2. The zero-order valence-corrected chi connectivity index (χ0v) is 11.1. The highest BCUT2D eigenvalue weighted by Crippen LogP contribution is 2.47. The predicted molar refractivity (Wildman–Crippen MR) is 79.6 cm³/mol. The average molecular weight is 285 g/mol. The molecular formula is C14H11N3O2S. The molecule has 0 amide bonds. The minimum atomic E-state index is -0.0171. The van der Waals surface area contributed by atoms with Gasteiger partial charge in [-0.15, -0.1) is 0 Å². The van der Waals surface area contributed by atoms with Crippen LogP contribution in [0.5, 0.6) is 11.5 Å². The summed E-state index contributed by atoms with van der Waals surface area (Å²) in [6, 6.07) is 10.1. The third-order valence-electron chi connectivity index (χ3n) is 3.29. The summed E-state index contributed by atoms with van der Waals surface area (Å²) in [5.74, 6) is 0.0170. The van der Waals surface area contributed by atoms with Gasteiger partial charge in [0.25, 0.3) is 0 Å². The molecule has 3 rings (SSSR count). The molecule has 0 aliphatic rings. The molecule has 0 heterocycles. The summed E-state index contributed by atoms with van der Waals surface area (Å²) in [4.78, 5) is 0.690. The smallest absolute Gasteiger partial charge is 0.132 e. The lowest BCUT2D eigenvalue weighted by molar-refractivity contribution is 0.478. The van der Waals surface area contributed by atoms with Gasteiger partial charge in [0.2, 0.25) is 0 Å². The van der Waals surface area contributed by atoms with Gasteiger partial charge in [-0.25, -0.2) is 5.53 Å². The van der Waals surface area contributed by atoms with Crippen molar-refractivity contribution in [2.24, 2.45) is 10.3 Å². The first-order chi connectivity index (χ1) is 9.69. The first-order valence-corrected chi connectivity index (χ1v) is 6.70. The summed E-state index contributed by atoms with van der Waals surface area (Å²) in [5, 5.41) is 31.6. The van der Waals surface area contributed by atoms with Crippen LogP contribution in [0.25, 0.3) is 21.5 Å². The molecule has 0 radical (unpaired) electrons. The largest absolute Gasteiger partial charge is 0.507 e. The number of nitrogens with two attached hydrogens (primary N) is 1. The molecule has 20 heavy (non-hydrogen) atoms. The summed E-state index contributed by atoms with van der Waals surface area (Å²) in [6.07, 6.45) is 0. The number of rotatable bonds is 2. The number of aromatic hydroxyl groups is 2. The number of phenols is 2. The highest BCUT2D eigenvalue weighted by Gasteiger charge is 2.17. The van der Waals surface area contributed by atoms with Crippen molar-refractivity contribution in [1.29, 1.82) is 5.53 Å². The first-order valence-electron chi connectivity index (χ1n) is 5.82. The van der Waals surface area contributed by atoms with Crippen molar-refractivity contribution in [2.45, 2.75) is 4.90 Å². The summed E-state index contributed by atoms with van der Waals surface area (Å²) < 4.78 is 0. The van der Waals surface area contributed by atoms with E-state index in [2.05, 4.69) is 5.11 Å². The number of nitrogens with one attached hydrogen (secondary N) is 1. The second kappa shape index (κ2) is 4.66. The second-order valence-electron chi connectivity index (χ2n) is 4.31. The van der Waals surface area contributed by atoms with Crippen molar-refractivity contribution >= 4 is 39.2 Å². The van der Waals surface area contributed by atoms with Gasteiger partial charge < -0.3 is 10.2 Å². The lowest BCUT2D eigenvalue weighted by Crippen LogP contribution is -1.86. The number of nitrogens with zero attached hydrogens (tertiary/aromatic N) is 1. The van der Waals surface area contributed by atoms with Gasteiger partial charge in [0.05, 0.1) is 5.39 Å². The average Bonchev–Trinajstić information content (AvgIpc) is 2.48. The van der Waals surface area contributed by atoms with Gasteiger partial charge in [0, 0.05) is 21.1 Å². The zero-order valence-electron chi connectivity index (χ0n) is 10.3. The standard InChI is InChI=1S/C14H11N3O2S/c15-17-13-7-3-2-6-10(20-16)12(7)14(19)8-4-1-5-9(18)11(8)13/h1-6,15,18-19H,16H2. The summed E-state index contributed by atoms with van der Waals surface area (Å²) in [5.41, 5.74) is 7.72. The van der Waals surface area contributed by atoms with E-state index < -0.39 is 0 Å². The molecule has 0 aliphatic carbocycles. The van der Waals surface area contributed by atoms with E-state index in [0.29, 0.717) is 32.1 Å². The zero-order chi connectivity index (χ0) is 14.3. The molecule has 0 aliphatic heterocycles. The lowest BCUT2D eigenvalue weighted by atomic mass is 9.99. The Labute approximate surface area is 118 Å². The molecule has 100 valence electrons. The Morgan fingerprint density at radius 2 is 1.70 bits per heavy atom. The van der Waals surface area contributed by atoms with Crippen LogP contribution in [-0.2, 0) is 0 Å². The van der Waals surface area contributed by atoms with Crippen molar-refractivity contribution in [1.82, 2.24) is 0 Å². The number of hydrogen-bond acceptors (Lipinski definition) is 6. The third-order valence-corrected chi connectivity index (χ3v) is 3.89. The number of hydrogen-bond donors (Lipinski definition) is 4. The van der Waals surface area contributed by atoms with Crippen LogP contribution >= 0.6 is 11.9 Å². The van der Waals surface area contributed by atoms with Gasteiger partial charge in [-0.2, -0.15) is 5.11 Å². The van der Waals surface area contributed by atoms with Crippen LogP contribution in [0.2, 0.25) is 0 Å². The second-order valence-corrected chi connectivity index (χ2v) is 4.98. The first kappa shape index (κ1) is 12.7. The fraction of sp³-hybridized carbons (Fsp3) is 0. The van der Waals surface area contributed by atoms with Crippen molar-refractivity contribution in [3.63, 3.8) is 0 Å². The minimum absolute atomic E-state index is 0.0171. The van der Waals surface area contributed by atoms with E-state index in [1.165, 1.54) is 6.07 Å². The fourth-order valence-corrected chi connectivity index (χ4v) is 2.92. The molecular weight excluding hydrogens is 274 g/mol. The van der Waals surface area contributed by atoms with Crippen molar-refractivity contribution in [2.75, 3.05) is 0 Å². The molecule has 0 saturated heterocycles. The molecule has 0 atom stereocenters. The molecule has 0 saturated carbocycles. The van der Waals surface area contributed by atoms with Gasteiger partial charge in [-0.05, 0) is 24.1 Å². The molecule has 5 N–H and O–H groups in total. The van der Waals surface area contributed by atoms with Crippen LogP contribution < -0.4 is 5.14 Å². The van der Waals surface area contributed by atoms with Crippen LogP contribution in [-0.4, -0.2) is 10.2 Å². The highest BCUT2D eigenvalue weighted by atomic mass is 32.2. The van der Waals surface area contributed by atoms with Gasteiger partial charge in [-0.3, -0.25) is 5.14 Å². The van der Waals surface area contributed by atoms with E-state index in [0.717, 1.165) is 11.9 Å². The van der Waals surface area contributed by atoms with Gasteiger partial charge in [0.1, 0.15) is 17.2 Å². The van der Waals surface area contributed by atoms with Crippen LogP contribution in [0, 0.1) is 5.53 Å². The maximum absolute atomic E-state index is 10.5. The summed E-state index contributed by atoms with van der Waals surface area (Å²) in [6.45, 7) is 0. The van der Waals surface area contributed by atoms with Crippen molar-refractivity contribution < 1.29 is 10.2 Å². The third kappa shape index (κ3) is 1.62. The Kier molecular flexibility index (Phi) is 2.96. The molecule has 3 aromatic rings. The fourth-order valence-electron chi connectivity index (χ4n) is 2.44. The Morgan fingerprint density at radius 3 is 2.40 bits per heavy atom. The van der Waals surface area contributed by atoms with Crippen LogP contribution in [0.1, 0.15) is 0 Å². The number of phenolic OH excluding ortho intramolecular Hbond substituents is 2. The molecule has 0 unspecified atom stereocenters. The SMILES string of the molecule is N=Nc1c2cccc(SN)c2c(O)c2cccc(O)c12. The van der Waals surface area contributed by atoms with E-state index in [1.807, 2.05) is 0 Å². The number of benzene rings is 3. The Hall–Kier alpha value is -2.31. The highest BCUT2D eigenvalue weighted by molar-refractivity contribution is 7.97.